The number of hydrogen-bond acceptors (Lipinski definition) is 6. The molecule has 0 spiro atoms. The standard InChI is InChI=1S/C19H20N4O4/c1-14-4-2-5-15(12-14)21-7-9-22(10-8-21)17(24)13-23-19(25)27-18(20-23)16-6-3-11-26-16/h2-6,11-12H,7-10,13H2,1H3. The number of rotatable bonds is 4. The molecule has 1 amide bonds. The number of carbonyl (C=O) groups excluding carboxylic acids is 1. The van der Waals surface area contributed by atoms with Crippen molar-refractivity contribution in [3.8, 4) is 11.7 Å². The van der Waals surface area contributed by atoms with Gasteiger partial charge in [0.15, 0.2) is 5.76 Å². The lowest BCUT2D eigenvalue weighted by molar-refractivity contribution is -0.132. The van der Waals surface area contributed by atoms with Crippen LogP contribution in [0.5, 0.6) is 0 Å². The summed E-state index contributed by atoms with van der Waals surface area (Å²) < 4.78 is 11.3. The van der Waals surface area contributed by atoms with Crippen molar-refractivity contribution in [2.75, 3.05) is 31.1 Å². The topological polar surface area (TPSA) is 84.7 Å². The Morgan fingerprint density at radius 1 is 1.15 bits per heavy atom. The largest absolute Gasteiger partial charge is 0.459 e. The van der Waals surface area contributed by atoms with E-state index in [0.29, 0.717) is 18.8 Å². The van der Waals surface area contributed by atoms with E-state index in [1.54, 1.807) is 17.0 Å². The molecule has 8 nitrogen and oxygen atoms in total. The van der Waals surface area contributed by atoms with Crippen LogP contribution in [0.2, 0.25) is 0 Å². The molecule has 0 unspecified atom stereocenters. The Balaban J connectivity index is 1.38. The molecule has 1 aliphatic heterocycles. The van der Waals surface area contributed by atoms with E-state index in [1.165, 1.54) is 11.8 Å². The van der Waals surface area contributed by atoms with Gasteiger partial charge in [-0.15, -0.1) is 5.10 Å². The minimum absolute atomic E-state index is 0.0714. The number of nitrogens with zero attached hydrogens (tertiary/aromatic N) is 4. The molecule has 0 aliphatic carbocycles. The highest BCUT2D eigenvalue weighted by Crippen LogP contribution is 2.18. The zero-order chi connectivity index (χ0) is 18.8. The molecule has 1 saturated heterocycles. The first-order valence-electron chi connectivity index (χ1n) is 8.81. The van der Waals surface area contributed by atoms with Gasteiger partial charge in [0.1, 0.15) is 6.54 Å². The van der Waals surface area contributed by atoms with Gasteiger partial charge >= 0.3 is 5.76 Å². The Labute approximate surface area is 155 Å². The Hall–Kier alpha value is -3.29. The Bertz CT molecular complexity index is 981. The van der Waals surface area contributed by atoms with Crippen molar-refractivity contribution in [3.63, 3.8) is 0 Å². The van der Waals surface area contributed by atoms with Crippen LogP contribution in [-0.2, 0) is 11.3 Å². The molecule has 0 bridgehead atoms. The maximum absolute atomic E-state index is 12.6. The van der Waals surface area contributed by atoms with Crippen molar-refractivity contribution >= 4 is 11.6 Å². The summed E-state index contributed by atoms with van der Waals surface area (Å²) in [7, 11) is 0. The Morgan fingerprint density at radius 3 is 2.67 bits per heavy atom. The van der Waals surface area contributed by atoms with Gasteiger partial charge in [-0.1, -0.05) is 12.1 Å². The fraction of sp³-hybridized carbons (Fsp3) is 0.316. The molecule has 1 aromatic carbocycles. The van der Waals surface area contributed by atoms with Crippen LogP contribution < -0.4 is 10.7 Å². The van der Waals surface area contributed by atoms with Crippen LogP contribution in [0.3, 0.4) is 0 Å². The number of piperazine rings is 1. The number of aromatic nitrogens is 2. The third kappa shape index (κ3) is 3.64. The van der Waals surface area contributed by atoms with Gasteiger partial charge in [-0.25, -0.2) is 4.79 Å². The summed E-state index contributed by atoms with van der Waals surface area (Å²) >= 11 is 0. The first-order chi connectivity index (χ1) is 13.1. The van der Waals surface area contributed by atoms with Gasteiger partial charge in [-0.2, -0.15) is 4.68 Å². The SMILES string of the molecule is Cc1cccc(N2CCN(C(=O)Cn3nc(-c4ccco4)oc3=O)CC2)c1. The van der Waals surface area contributed by atoms with E-state index < -0.39 is 5.76 Å². The number of benzene rings is 1. The second kappa shape index (κ2) is 7.14. The van der Waals surface area contributed by atoms with E-state index >= 15 is 0 Å². The number of carbonyl (C=O) groups is 1. The van der Waals surface area contributed by atoms with Crippen LogP contribution in [0, 0.1) is 6.92 Å². The minimum atomic E-state index is -0.673. The molecule has 3 aromatic rings. The molecular weight excluding hydrogens is 348 g/mol. The van der Waals surface area contributed by atoms with E-state index in [-0.39, 0.29) is 18.3 Å². The summed E-state index contributed by atoms with van der Waals surface area (Å²) in [4.78, 5) is 28.5. The first kappa shape index (κ1) is 17.1. The van der Waals surface area contributed by atoms with Crippen LogP contribution in [0.25, 0.3) is 11.7 Å². The van der Waals surface area contributed by atoms with Crippen molar-refractivity contribution in [3.05, 3.63) is 58.8 Å². The number of furan rings is 1. The van der Waals surface area contributed by atoms with Crippen molar-refractivity contribution in [2.45, 2.75) is 13.5 Å². The highest BCUT2D eigenvalue weighted by atomic mass is 16.4. The van der Waals surface area contributed by atoms with Gasteiger partial charge in [0.2, 0.25) is 5.91 Å². The third-order valence-corrected chi connectivity index (χ3v) is 4.62. The Morgan fingerprint density at radius 2 is 1.96 bits per heavy atom. The fourth-order valence-electron chi connectivity index (χ4n) is 3.17. The molecular formula is C19H20N4O4. The van der Waals surface area contributed by atoms with Gasteiger partial charge in [0, 0.05) is 31.9 Å². The summed E-state index contributed by atoms with van der Waals surface area (Å²) in [6.45, 7) is 4.62. The highest BCUT2D eigenvalue weighted by Gasteiger charge is 2.23. The second-order valence-electron chi connectivity index (χ2n) is 6.51. The molecule has 8 heteroatoms. The maximum atomic E-state index is 12.6. The zero-order valence-electron chi connectivity index (χ0n) is 15.0. The molecule has 0 saturated carbocycles. The van der Waals surface area contributed by atoms with Gasteiger partial charge in [-0.3, -0.25) is 4.79 Å². The van der Waals surface area contributed by atoms with Gasteiger partial charge in [-0.05, 0) is 36.8 Å². The average molecular weight is 368 g/mol. The molecule has 1 aliphatic rings. The molecule has 4 rings (SSSR count). The summed E-state index contributed by atoms with van der Waals surface area (Å²) in [5.74, 6) is -0.402. The lowest BCUT2D eigenvalue weighted by atomic mass is 10.2. The molecule has 140 valence electrons. The number of hydrogen-bond donors (Lipinski definition) is 0. The monoisotopic (exact) mass is 368 g/mol. The lowest BCUT2D eigenvalue weighted by Crippen LogP contribution is -2.50. The zero-order valence-corrected chi connectivity index (χ0v) is 15.0. The second-order valence-corrected chi connectivity index (χ2v) is 6.51. The highest BCUT2D eigenvalue weighted by molar-refractivity contribution is 5.76. The van der Waals surface area contributed by atoms with Crippen molar-refractivity contribution in [1.29, 1.82) is 0 Å². The first-order valence-corrected chi connectivity index (χ1v) is 8.81. The number of aryl methyl sites for hydroxylation is 1. The van der Waals surface area contributed by atoms with Crippen molar-refractivity contribution < 1.29 is 13.6 Å². The predicted molar refractivity (Wildman–Crippen MR) is 98.4 cm³/mol. The third-order valence-electron chi connectivity index (χ3n) is 4.62. The summed E-state index contributed by atoms with van der Waals surface area (Å²) in [6.07, 6.45) is 1.47. The maximum Gasteiger partial charge on any atom is 0.437 e. The van der Waals surface area contributed by atoms with Crippen LogP contribution >= 0.6 is 0 Å². The van der Waals surface area contributed by atoms with Gasteiger partial charge < -0.3 is 18.6 Å². The molecule has 0 N–H and O–H groups in total. The Kier molecular flexibility index (Phi) is 4.53. The predicted octanol–water partition coefficient (Wildman–Crippen LogP) is 1.75. The molecule has 1 fully saturated rings. The molecule has 27 heavy (non-hydrogen) atoms. The van der Waals surface area contributed by atoms with Crippen LogP contribution in [0.15, 0.2) is 56.3 Å². The smallest absolute Gasteiger partial charge is 0.437 e. The molecule has 3 heterocycles. The van der Waals surface area contributed by atoms with Crippen LogP contribution in [0.4, 0.5) is 5.69 Å². The molecule has 0 atom stereocenters. The molecule has 0 radical (unpaired) electrons. The summed E-state index contributed by atoms with van der Waals surface area (Å²) in [6, 6.07) is 11.6. The number of amides is 1. The normalized spacial score (nSPS) is 14.6. The summed E-state index contributed by atoms with van der Waals surface area (Å²) in [5, 5.41) is 4.05. The van der Waals surface area contributed by atoms with Gasteiger partial charge in [0.05, 0.1) is 6.26 Å². The van der Waals surface area contributed by atoms with E-state index in [9.17, 15) is 9.59 Å². The summed E-state index contributed by atoms with van der Waals surface area (Å²) in [5.41, 5.74) is 2.38. The van der Waals surface area contributed by atoms with E-state index in [4.69, 9.17) is 8.83 Å². The van der Waals surface area contributed by atoms with E-state index in [2.05, 4.69) is 35.1 Å². The van der Waals surface area contributed by atoms with E-state index in [1.807, 2.05) is 6.07 Å². The lowest BCUT2D eigenvalue weighted by Gasteiger charge is -2.36. The molecule has 2 aromatic heterocycles. The minimum Gasteiger partial charge on any atom is -0.459 e. The van der Waals surface area contributed by atoms with Crippen molar-refractivity contribution in [1.82, 2.24) is 14.7 Å². The van der Waals surface area contributed by atoms with E-state index in [0.717, 1.165) is 23.5 Å². The quantitative estimate of drug-likeness (QED) is 0.698. The van der Waals surface area contributed by atoms with Crippen LogP contribution in [0.1, 0.15) is 5.56 Å². The van der Waals surface area contributed by atoms with Crippen LogP contribution in [-0.4, -0.2) is 46.8 Å². The van der Waals surface area contributed by atoms with Crippen molar-refractivity contribution in [2.24, 2.45) is 0 Å². The van der Waals surface area contributed by atoms with Gasteiger partial charge in [0.25, 0.3) is 5.89 Å². The fourth-order valence-corrected chi connectivity index (χ4v) is 3.17. The average Bonchev–Trinajstić information content (AvgIpc) is 3.32. The number of anilines is 1.